The fourth-order valence-electron chi connectivity index (χ4n) is 3.23. The van der Waals surface area contributed by atoms with Crippen LogP contribution < -0.4 is 5.32 Å². The van der Waals surface area contributed by atoms with Crippen LogP contribution >= 0.6 is 35.0 Å². The predicted molar refractivity (Wildman–Crippen MR) is 120 cm³/mol. The van der Waals surface area contributed by atoms with Crippen molar-refractivity contribution in [3.05, 3.63) is 58.6 Å². The van der Waals surface area contributed by atoms with Crippen LogP contribution in [-0.2, 0) is 9.53 Å². The second-order valence-corrected chi connectivity index (χ2v) is 8.62. The number of thioether (sulfide) groups is 1. The number of benzene rings is 2. The van der Waals surface area contributed by atoms with E-state index in [4.69, 9.17) is 27.9 Å². The van der Waals surface area contributed by atoms with Gasteiger partial charge in [0.05, 0.1) is 16.9 Å². The molecule has 1 aliphatic heterocycles. The Bertz CT molecular complexity index is 1020. The summed E-state index contributed by atoms with van der Waals surface area (Å²) >= 11 is 13.8. The molecule has 1 aromatic heterocycles. The van der Waals surface area contributed by atoms with Crippen molar-refractivity contribution in [2.24, 2.45) is 0 Å². The monoisotopic (exact) mass is 462 g/mol. The molecule has 1 amide bonds. The number of hydrogen-bond donors (Lipinski definition) is 1. The van der Waals surface area contributed by atoms with Crippen molar-refractivity contribution < 1.29 is 9.53 Å². The number of hydrogen-bond acceptors (Lipinski definition) is 5. The van der Waals surface area contributed by atoms with Gasteiger partial charge in [-0.15, -0.1) is 10.2 Å². The normalized spacial score (nSPS) is 16.0. The predicted octanol–water partition coefficient (Wildman–Crippen LogP) is 4.63. The highest BCUT2D eigenvalue weighted by atomic mass is 35.5. The second kappa shape index (κ2) is 9.83. The van der Waals surface area contributed by atoms with Crippen LogP contribution in [0, 0.1) is 0 Å². The first kappa shape index (κ1) is 21.2. The van der Waals surface area contributed by atoms with E-state index in [-0.39, 0.29) is 17.8 Å². The lowest BCUT2D eigenvalue weighted by atomic mass is 10.2. The van der Waals surface area contributed by atoms with E-state index in [9.17, 15) is 4.79 Å². The third kappa shape index (κ3) is 4.98. The van der Waals surface area contributed by atoms with Gasteiger partial charge in [-0.1, -0.05) is 53.2 Å². The molecule has 0 radical (unpaired) electrons. The summed E-state index contributed by atoms with van der Waals surface area (Å²) in [5, 5.41) is 13.2. The minimum Gasteiger partial charge on any atom is -0.376 e. The van der Waals surface area contributed by atoms with Crippen LogP contribution in [0.15, 0.2) is 53.7 Å². The lowest BCUT2D eigenvalue weighted by molar-refractivity contribution is -0.119. The highest BCUT2D eigenvalue weighted by Gasteiger charge is 2.20. The summed E-state index contributed by atoms with van der Waals surface area (Å²) < 4.78 is 7.44. The Labute approximate surface area is 188 Å². The molecule has 30 heavy (non-hydrogen) atoms. The maximum atomic E-state index is 12.3. The standard InChI is InChI=1S/C21H20Cl2N4O2S/c22-14-8-9-17(18(23)11-14)20-25-26-21(27(20)15-5-2-1-3-6-15)30-13-19(28)24-12-16-7-4-10-29-16/h1-3,5-6,8-9,11,16H,4,7,10,12-13H2,(H,24,28). The number of amides is 1. The van der Waals surface area contributed by atoms with Crippen LogP contribution in [-0.4, -0.2) is 45.7 Å². The molecular formula is C21H20Cl2N4O2S. The van der Waals surface area contributed by atoms with Gasteiger partial charge in [-0.3, -0.25) is 9.36 Å². The van der Waals surface area contributed by atoms with Crippen LogP contribution in [0.5, 0.6) is 0 Å². The molecule has 1 atom stereocenters. The number of aromatic nitrogens is 3. The third-order valence-corrected chi connectivity index (χ3v) is 6.18. The third-order valence-electron chi connectivity index (χ3n) is 4.70. The van der Waals surface area contributed by atoms with E-state index in [1.807, 2.05) is 41.0 Å². The highest BCUT2D eigenvalue weighted by molar-refractivity contribution is 7.99. The molecular weight excluding hydrogens is 443 g/mol. The molecule has 0 spiro atoms. The van der Waals surface area contributed by atoms with Gasteiger partial charge in [0.25, 0.3) is 0 Å². The second-order valence-electron chi connectivity index (χ2n) is 6.83. The summed E-state index contributed by atoms with van der Waals surface area (Å²) in [6, 6.07) is 15.0. The molecule has 4 rings (SSSR count). The maximum Gasteiger partial charge on any atom is 0.230 e. The Morgan fingerprint density at radius 1 is 1.20 bits per heavy atom. The van der Waals surface area contributed by atoms with E-state index >= 15 is 0 Å². The molecule has 1 aliphatic rings. The van der Waals surface area contributed by atoms with Crippen molar-refractivity contribution in [2.45, 2.75) is 24.1 Å². The van der Waals surface area contributed by atoms with Gasteiger partial charge in [0.15, 0.2) is 11.0 Å². The average molecular weight is 463 g/mol. The van der Waals surface area contributed by atoms with Gasteiger partial charge < -0.3 is 10.1 Å². The number of nitrogens with one attached hydrogen (secondary N) is 1. The van der Waals surface area contributed by atoms with Crippen molar-refractivity contribution in [1.29, 1.82) is 0 Å². The average Bonchev–Trinajstić information content (AvgIpc) is 3.41. The molecule has 0 bridgehead atoms. The lowest BCUT2D eigenvalue weighted by Gasteiger charge is -2.12. The summed E-state index contributed by atoms with van der Waals surface area (Å²) in [6.45, 7) is 1.31. The van der Waals surface area contributed by atoms with E-state index in [2.05, 4.69) is 15.5 Å². The van der Waals surface area contributed by atoms with Crippen molar-refractivity contribution in [1.82, 2.24) is 20.1 Å². The number of carbonyl (C=O) groups excluding carboxylic acids is 1. The lowest BCUT2D eigenvalue weighted by Crippen LogP contribution is -2.32. The summed E-state index contributed by atoms with van der Waals surface area (Å²) in [6.07, 6.45) is 2.15. The molecule has 0 aliphatic carbocycles. The first-order valence-corrected chi connectivity index (χ1v) is 11.3. The number of para-hydroxylation sites is 1. The summed E-state index contributed by atoms with van der Waals surface area (Å²) in [5.74, 6) is 0.751. The van der Waals surface area contributed by atoms with E-state index in [1.165, 1.54) is 11.8 Å². The molecule has 3 aromatic rings. The molecule has 2 aromatic carbocycles. The molecule has 0 saturated carbocycles. The quantitative estimate of drug-likeness (QED) is 0.518. The molecule has 9 heteroatoms. The Morgan fingerprint density at radius 3 is 2.77 bits per heavy atom. The van der Waals surface area contributed by atoms with Gasteiger partial charge in [-0.2, -0.15) is 0 Å². The first-order chi connectivity index (χ1) is 14.6. The topological polar surface area (TPSA) is 69.0 Å². The largest absolute Gasteiger partial charge is 0.376 e. The van der Waals surface area contributed by atoms with Crippen molar-refractivity contribution in [2.75, 3.05) is 18.9 Å². The van der Waals surface area contributed by atoms with Crippen LogP contribution in [0.2, 0.25) is 10.0 Å². The van der Waals surface area contributed by atoms with Crippen molar-refractivity contribution >= 4 is 40.9 Å². The minimum absolute atomic E-state index is 0.0656. The number of halogens is 2. The van der Waals surface area contributed by atoms with E-state index < -0.39 is 0 Å². The Kier molecular flexibility index (Phi) is 6.94. The van der Waals surface area contributed by atoms with Gasteiger partial charge in [-0.25, -0.2) is 0 Å². The molecule has 1 unspecified atom stereocenters. The van der Waals surface area contributed by atoms with Gasteiger partial charge in [0.2, 0.25) is 5.91 Å². The van der Waals surface area contributed by atoms with Crippen molar-refractivity contribution in [3.63, 3.8) is 0 Å². The zero-order valence-electron chi connectivity index (χ0n) is 16.1. The van der Waals surface area contributed by atoms with Crippen molar-refractivity contribution in [3.8, 4) is 17.1 Å². The van der Waals surface area contributed by atoms with Gasteiger partial charge in [-0.05, 0) is 43.2 Å². The Morgan fingerprint density at radius 2 is 2.03 bits per heavy atom. The first-order valence-electron chi connectivity index (χ1n) is 9.59. The number of carbonyl (C=O) groups is 1. The Balaban J connectivity index is 1.55. The number of nitrogens with zero attached hydrogens (tertiary/aromatic N) is 3. The highest BCUT2D eigenvalue weighted by Crippen LogP contribution is 2.33. The van der Waals surface area contributed by atoms with Gasteiger partial charge in [0.1, 0.15) is 0 Å². The number of ether oxygens (including phenoxy) is 1. The molecule has 156 valence electrons. The molecule has 6 nitrogen and oxygen atoms in total. The fraction of sp³-hybridized carbons (Fsp3) is 0.286. The number of rotatable bonds is 7. The summed E-state index contributed by atoms with van der Waals surface area (Å²) in [4.78, 5) is 12.3. The smallest absolute Gasteiger partial charge is 0.230 e. The van der Waals surface area contributed by atoms with Gasteiger partial charge >= 0.3 is 0 Å². The van der Waals surface area contributed by atoms with E-state index in [0.29, 0.717) is 33.1 Å². The van der Waals surface area contributed by atoms with Crippen LogP contribution in [0.1, 0.15) is 12.8 Å². The van der Waals surface area contributed by atoms with Gasteiger partial charge in [0, 0.05) is 29.4 Å². The molecule has 2 heterocycles. The summed E-state index contributed by atoms with van der Waals surface area (Å²) in [5.41, 5.74) is 1.60. The fourth-order valence-corrected chi connectivity index (χ4v) is 4.51. The van der Waals surface area contributed by atoms with Crippen LogP contribution in [0.25, 0.3) is 17.1 Å². The molecule has 1 N–H and O–H groups in total. The zero-order valence-corrected chi connectivity index (χ0v) is 18.4. The van der Waals surface area contributed by atoms with E-state index in [0.717, 1.165) is 25.1 Å². The zero-order chi connectivity index (χ0) is 20.9. The SMILES string of the molecule is O=C(CSc1nnc(-c2ccc(Cl)cc2Cl)n1-c1ccccc1)NCC1CCCO1. The minimum atomic E-state index is -0.0656. The molecule has 1 saturated heterocycles. The van der Waals surface area contributed by atoms with Crippen LogP contribution in [0.4, 0.5) is 0 Å². The maximum absolute atomic E-state index is 12.3. The molecule has 1 fully saturated rings. The van der Waals surface area contributed by atoms with Crippen LogP contribution in [0.3, 0.4) is 0 Å². The summed E-state index contributed by atoms with van der Waals surface area (Å²) in [7, 11) is 0. The van der Waals surface area contributed by atoms with E-state index in [1.54, 1.807) is 12.1 Å². The Hall–Kier alpha value is -2.06.